The minimum absolute atomic E-state index is 0.199. The number of hydrogen-bond acceptors (Lipinski definition) is 5. The van der Waals surface area contributed by atoms with Crippen molar-refractivity contribution in [2.24, 2.45) is 0 Å². The average molecular weight is 405 g/mol. The number of hydrogen-bond donors (Lipinski definition) is 2. The summed E-state index contributed by atoms with van der Waals surface area (Å²) >= 11 is 0. The van der Waals surface area contributed by atoms with Gasteiger partial charge < -0.3 is 15.0 Å². The fraction of sp³-hybridized carbons (Fsp3) is 0.182. The number of ether oxygens (including phenoxy) is 1. The Morgan fingerprint density at radius 1 is 1.03 bits per heavy atom. The van der Waals surface area contributed by atoms with Gasteiger partial charge >= 0.3 is 5.97 Å². The molecule has 1 aliphatic rings. The Morgan fingerprint density at radius 3 is 2.33 bits per heavy atom. The summed E-state index contributed by atoms with van der Waals surface area (Å²) in [6.45, 7) is 0.787. The second-order valence-corrected chi connectivity index (χ2v) is 6.99. The molecule has 1 atom stereocenters. The Morgan fingerprint density at radius 2 is 1.67 bits per heavy atom. The van der Waals surface area contributed by atoms with Crippen molar-refractivity contribution in [3.05, 3.63) is 71.4 Å². The molecule has 3 aromatic rings. The predicted molar refractivity (Wildman–Crippen MR) is 108 cm³/mol. The van der Waals surface area contributed by atoms with E-state index >= 15 is 0 Å². The third kappa shape index (κ3) is 3.55. The summed E-state index contributed by atoms with van der Waals surface area (Å²) in [7, 11) is 0. The Hall–Kier alpha value is -3.94. The smallest absolute Gasteiger partial charge is 0.330 e. The number of H-pyrrole nitrogens is 1. The molecule has 1 aliphatic heterocycles. The van der Waals surface area contributed by atoms with Crippen LogP contribution in [0.15, 0.2) is 54.7 Å². The molecule has 0 radical (unpaired) electrons. The molecular formula is C22H19N3O5. The fourth-order valence-electron chi connectivity index (χ4n) is 3.54. The number of esters is 1. The van der Waals surface area contributed by atoms with E-state index in [1.807, 2.05) is 24.3 Å². The van der Waals surface area contributed by atoms with Crippen LogP contribution in [0.1, 0.15) is 33.2 Å². The molecule has 2 N–H and O–H groups in total. The molecule has 0 bridgehead atoms. The highest BCUT2D eigenvalue weighted by Crippen LogP contribution is 2.23. The third-order valence-corrected chi connectivity index (χ3v) is 4.98. The number of amides is 3. The molecule has 1 aromatic heterocycles. The summed E-state index contributed by atoms with van der Waals surface area (Å²) < 4.78 is 5.24. The van der Waals surface area contributed by atoms with E-state index in [1.54, 1.807) is 30.5 Å². The number of benzene rings is 2. The first kappa shape index (κ1) is 19.4. The molecule has 0 saturated heterocycles. The van der Waals surface area contributed by atoms with Crippen LogP contribution in [0.3, 0.4) is 0 Å². The predicted octanol–water partition coefficient (Wildman–Crippen LogP) is 2.01. The molecule has 0 fully saturated rings. The highest BCUT2D eigenvalue weighted by atomic mass is 16.5. The van der Waals surface area contributed by atoms with Gasteiger partial charge in [-0.3, -0.25) is 14.4 Å². The molecule has 0 aliphatic carbocycles. The maximum Gasteiger partial charge on any atom is 0.330 e. The van der Waals surface area contributed by atoms with E-state index in [4.69, 9.17) is 4.74 Å². The molecule has 0 spiro atoms. The largest absolute Gasteiger partial charge is 0.442 e. The van der Waals surface area contributed by atoms with Gasteiger partial charge in [0.15, 0.2) is 6.73 Å². The number of nitrogens with one attached hydrogen (secondary N) is 2. The van der Waals surface area contributed by atoms with Gasteiger partial charge in [-0.2, -0.15) is 0 Å². The van der Waals surface area contributed by atoms with Crippen LogP contribution in [0.4, 0.5) is 0 Å². The molecule has 4 rings (SSSR count). The number of fused-ring (bicyclic) bond motifs is 2. The number of carbonyl (C=O) groups excluding carboxylic acids is 4. The van der Waals surface area contributed by atoms with Crippen LogP contribution in [0.2, 0.25) is 0 Å². The van der Waals surface area contributed by atoms with Crippen LogP contribution >= 0.6 is 0 Å². The second kappa shape index (κ2) is 7.82. The van der Waals surface area contributed by atoms with Crippen molar-refractivity contribution in [2.75, 3.05) is 6.73 Å². The topological polar surface area (TPSA) is 109 Å². The minimum atomic E-state index is -0.961. The van der Waals surface area contributed by atoms with Crippen LogP contribution < -0.4 is 5.32 Å². The number of aromatic nitrogens is 1. The lowest BCUT2D eigenvalue weighted by molar-refractivity contribution is -0.150. The van der Waals surface area contributed by atoms with Crippen LogP contribution in [0.25, 0.3) is 10.9 Å². The van der Waals surface area contributed by atoms with Gasteiger partial charge in [-0.1, -0.05) is 30.3 Å². The Kier molecular flexibility index (Phi) is 5.05. The van der Waals surface area contributed by atoms with Crippen molar-refractivity contribution in [1.82, 2.24) is 15.2 Å². The fourth-order valence-corrected chi connectivity index (χ4v) is 3.54. The van der Waals surface area contributed by atoms with Gasteiger partial charge in [0.25, 0.3) is 11.8 Å². The van der Waals surface area contributed by atoms with Crippen molar-refractivity contribution in [3.8, 4) is 0 Å². The SMILES string of the molecule is CC(=O)N[C@@H](Cc1c[nH]c2ccccc12)C(=O)OCN1C(=O)c2ccccc2C1=O. The molecular weight excluding hydrogens is 386 g/mol. The first-order valence-electron chi connectivity index (χ1n) is 9.39. The summed E-state index contributed by atoms with van der Waals surface area (Å²) in [5.41, 5.74) is 2.29. The van der Waals surface area contributed by atoms with E-state index in [1.165, 1.54) is 6.92 Å². The van der Waals surface area contributed by atoms with E-state index in [2.05, 4.69) is 10.3 Å². The number of rotatable bonds is 6. The van der Waals surface area contributed by atoms with E-state index in [0.717, 1.165) is 21.4 Å². The zero-order chi connectivity index (χ0) is 21.3. The quantitative estimate of drug-likeness (QED) is 0.482. The van der Waals surface area contributed by atoms with Gasteiger partial charge in [-0.25, -0.2) is 9.69 Å². The average Bonchev–Trinajstić information content (AvgIpc) is 3.25. The van der Waals surface area contributed by atoms with Crippen molar-refractivity contribution in [2.45, 2.75) is 19.4 Å². The molecule has 3 amide bonds. The zero-order valence-electron chi connectivity index (χ0n) is 16.2. The van der Waals surface area contributed by atoms with Crippen molar-refractivity contribution < 1.29 is 23.9 Å². The molecule has 8 nitrogen and oxygen atoms in total. The van der Waals surface area contributed by atoms with Crippen LogP contribution in [0, 0.1) is 0 Å². The van der Waals surface area contributed by atoms with E-state index in [-0.39, 0.29) is 17.5 Å². The summed E-state index contributed by atoms with van der Waals surface area (Å²) in [5.74, 6) is -2.16. The van der Waals surface area contributed by atoms with Gasteiger partial charge in [-0.05, 0) is 23.8 Å². The van der Waals surface area contributed by atoms with Crippen LogP contribution in [-0.4, -0.2) is 46.3 Å². The van der Waals surface area contributed by atoms with Crippen molar-refractivity contribution >= 4 is 34.6 Å². The maximum absolute atomic E-state index is 12.7. The lowest BCUT2D eigenvalue weighted by Gasteiger charge is -2.19. The lowest BCUT2D eigenvalue weighted by Crippen LogP contribution is -2.44. The summed E-state index contributed by atoms with van der Waals surface area (Å²) in [4.78, 5) is 53.1. The highest BCUT2D eigenvalue weighted by molar-refractivity contribution is 6.21. The standard InChI is InChI=1S/C22H19N3O5/c1-13(26)24-19(10-14-11-23-18-9-5-4-6-15(14)18)22(29)30-12-25-20(27)16-7-2-3-8-17(16)21(25)28/h2-9,11,19,23H,10,12H2,1H3,(H,24,26)/t19-/m0/s1. The monoisotopic (exact) mass is 405 g/mol. The number of imide groups is 1. The number of para-hydroxylation sites is 1. The zero-order valence-corrected chi connectivity index (χ0v) is 16.2. The minimum Gasteiger partial charge on any atom is -0.442 e. The van der Waals surface area contributed by atoms with E-state index in [9.17, 15) is 19.2 Å². The highest BCUT2D eigenvalue weighted by Gasteiger charge is 2.36. The van der Waals surface area contributed by atoms with Crippen LogP contribution in [0.5, 0.6) is 0 Å². The normalized spacial score (nSPS) is 14.0. The summed E-state index contributed by atoms with van der Waals surface area (Å²) in [6, 6.07) is 13.1. The Labute approximate surface area is 171 Å². The van der Waals surface area contributed by atoms with Gasteiger partial charge in [-0.15, -0.1) is 0 Å². The third-order valence-electron chi connectivity index (χ3n) is 4.98. The number of aromatic amines is 1. The first-order valence-corrected chi connectivity index (χ1v) is 9.39. The Balaban J connectivity index is 1.47. The molecule has 2 heterocycles. The maximum atomic E-state index is 12.7. The van der Waals surface area contributed by atoms with Crippen molar-refractivity contribution in [1.29, 1.82) is 0 Å². The number of carbonyl (C=O) groups is 4. The molecule has 8 heteroatoms. The van der Waals surface area contributed by atoms with Gasteiger partial charge in [0.05, 0.1) is 11.1 Å². The molecule has 2 aromatic carbocycles. The molecule has 30 heavy (non-hydrogen) atoms. The van der Waals surface area contributed by atoms with E-state index in [0.29, 0.717) is 0 Å². The van der Waals surface area contributed by atoms with Gasteiger partial charge in [0.1, 0.15) is 6.04 Å². The molecule has 152 valence electrons. The summed E-state index contributed by atoms with van der Waals surface area (Å²) in [6.07, 6.45) is 1.97. The van der Waals surface area contributed by atoms with Crippen molar-refractivity contribution in [3.63, 3.8) is 0 Å². The Bertz CT molecular complexity index is 1130. The van der Waals surface area contributed by atoms with E-state index < -0.39 is 36.5 Å². The summed E-state index contributed by atoms with van der Waals surface area (Å²) in [5, 5.41) is 3.51. The molecule has 0 saturated carbocycles. The lowest BCUT2D eigenvalue weighted by atomic mass is 10.0. The number of nitrogens with zero attached hydrogens (tertiary/aromatic N) is 1. The van der Waals surface area contributed by atoms with Crippen LogP contribution in [-0.2, 0) is 20.7 Å². The second-order valence-electron chi connectivity index (χ2n) is 6.99. The van der Waals surface area contributed by atoms with Gasteiger partial charge in [0, 0.05) is 30.4 Å². The first-order chi connectivity index (χ1) is 14.5. The van der Waals surface area contributed by atoms with Gasteiger partial charge in [0.2, 0.25) is 5.91 Å². The molecule has 0 unspecified atom stereocenters.